The van der Waals surface area contributed by atoms with E-state index in [1.165, 1.54) is 0 Å². The Morgan fingerprint density at radius 3 is 2.55 bits per heavy atom. The molecule has 3 N–H and O–H groups in total. The van der Waals surface area contributed by atoms with E-state index in [0.717, 1.165) is 10.2 Å². The molecular weight excluding hydrogens is 251 g/mol. The maximum Gasteiger partial charge on any atom is 0.0642 e. The molecule has 0 bridgehead atoms. The zero-order valence-corrected chi connectivity index (χ0v) is 8.63. The van der Waals surface area contributed by atoms with Gasteiger partial charge in [0.2, 0.25) is 0 Å². The second kappa shape index (κ2) is 4.83. The van der Waals surface area contributed by atoms with Crippen LogP contribution in [-0.2, 0) is 0 Å². The first kappa shape index (κ1) is 11.0. The lowest BCUT2D eigenvalue weighted by Gasteiger charge is -2.02. The molecular formula is C6H7BrCl2N2. The molecule has 0 fully saturated rings. The number of halogens is 3. The first-order chi connectivity index (χ1) is 4.75. The minimum Gasteiger partial charge on any atom is -0.323 e. The van der Waals surface area contributed by atoms with Gasteiger partial charge in [0.25, 0.3) is 0 Å². The van der Waals surface area contributed by atoms with Gasteiger partial charge in [0.15, 0.2) is 0 Å². The first-order valence-electron chi connectivity index (χ1n) is 2.66. The Morgan fingerprint density at radius 1 is 1.45 bits per heavy atom. The summed E-state index contributed by atoms with van der Waals surface area (Å²) in [6.45, 7) is 0. The van der Waals surface area contributed by atoms with Crippen LogP contribution in [-0.4, -0.2) is 0 Å². The molecule has 0 unspecified atom stereocenters. The fourth-order valence-electron chi connectivity index (χ4n) is 0.615. The van der Waals surface area contributed by atoms with Crippen LogP contribution in [0, 0.1) is 0 Å². The SMILES string of the molecule is Cl.NNc1cccc(Cl)c1Br. The zero-order valence-electron chi connectivity index (χ0n) is 5.47. The van der Waals surface area contributed by atoms with Crippen molar-refractivity contribution in [3.05, 3.63) is 27.7 Å². The molecule has 0 spiro atoms. The summed E-state index contributed by atoms with van der Waals surface area (Å²) in [5.41, 5.74) is 3.29. The summed E-state index contributed by atoms with van der Waals surface area (Å²) in [5.74, 6) is 5.18. The van der Waals surface area contributed by atoms with E-state index in [1.807, 2.05) is 12.1 Å². The van der Waals surface area contributed by atoms with Crippen molar-refractivity contribution >= 4 is 45.6 Å². The number of nitrogen functional groups attached to an aromatic ring is 1. The van der Waals surface area contributed by atoms with Gasteiger partial charge < -0.3 is 5.43 Å². The smallest absolute Gasteiger partial charge is 0.0642 e. The van der Waals surface area contributed by atoms with E-state index in [0.29, 0.717) is 5.02 Å². The van der Waals surface area contributed by atoms with E-state index in [-0.39, 0.29) is 12.4 Å². The summed E-state index contributed by atoms with van der Waals surface area (Å²) in [6.07, 6.45) is 0. The molecule has 62 valence electrons. The fourth-order valence-corrected chi connectivity index (χ4v) is 1.17. The van der Waals surface area contributed by atoms with Crippen LogP contribution in [0.1, 0.15) is 0 Å². The second-order valence-electron chi connectivity index (χ2n) is 1.75. The lowest BCUT2D eigenvalue weighted by molar-refractivity contribution is 1.34. The van der Waals surface area contributed by atoms with Gasteiger partial charge in [-0.15, -0.1) is 12.4 Å². The monoisotopic (exact) mass is 256 g/mol. The van der Waals surface area contributed by atoms with Crippen molar-refractivity contribution in [1.82, 2.24) is 0 Å². The number of benzene rings is 1. The Bertz CT molecular complexity index is 242. The van der Waals surface area contributed by atoms with E-state index in [1.54, 1.807) is 6.07 Å². The Morgan fingerprint density at radius 2 is 2.09 bits per heavy atom. The number of hydrazine groups is 1. The maximum atomic E-state index is 5.75. The molecule has 0 aliphatic heterocycles. The predicted molar refractivity (Wildman–Crippen MR) is 54.2 cm³/mol. The molecule has 0 aliphatic rings. The zero-order chi connectivity index (χ0) is 7.56. The molecule has 5 heteroatoms. The van der Waals surface area contributed by atoms with Crippen LogP contribution in [0.2, 0.25) is 5.02 Å². The fraction of sp³-hybridized carbons (Fsp3) is 0. The Labute approximate surface area is 84.6 Å². The maximum absolute atomic E-state index is 5.75. The molecule has 1 aromatic rings. The normalized spacial score (nSPS) is 8.64. The van der Waals surface area contributed by atoms with Crippen LogP contribution in [0.5, 0.6) is 0 Å². The van der Waals surface area contributed by atoms with Gasteiger partial charge in [-0.25, -0.2) is 0 Å². The molecule has 0 atom stereocenters. The highest BCUT2D eigenvalue weighted by atomic mass is 79.9. The van der Waals surface area contributed by atoms with Crippen molar-refractivity contribution in [2.24, 2.45) is 5.84 Å². The number of hydrogen-bond acceptors (Lipinski definition) is 2. The topological polar surface area (TPSA) is 38.0 Å². The Kier molecular flexibility index (Phi) is 4.84. The van der Waals surface area contributed by atoms with Gasteiger partial charge in [-0.05, 0) is 28.1 Å². The summed E-state index contributed by atoms with van der Waals surface area (Å²) in [6, 6.07) is 5.44. The van der Waals surface area contributed by atoms with Crippen molar-refractivity contribution in [3.8, 4) is 0 Å². The van der Waals surface area contributed by atoms with E-state index in [2.05, 4.69) is 21.4 Å². The van der Waals surface area contributed by atoms with Gasteiger partial charge in [0.05, 0.1) is 15.2 Å². The van der Waals surface area contributed by atoms with Crippen molar-refractivity contribution in [2.75, 3.05) is 5.43 Å². The number of rotatable bonds is 1. The van der Waals surface area contributed by atoms with Crippen LogP contribution in [0.4, 0.5) is 5.69 Å². The van der Waals surface area contributed by atoms with Gasteiger partial charge in [0, 0.05) is 0 Å². The third-order valence-electron chi connectivity index (χ3n) is 1.11. The Balaban J connectivity index is 0.000001000. The first-order valence-corrected chi connectivity index (χ1v) is 3.83. The van der Waals surface area contributed by atoms with Crippen molar-refractivity contribution in [3.63, 3.8) is 0 Å². The third kappa shape index (κ3) is 2.52. The third-order valence-corrected chi connectivity index (χ3v) is 2.50. The molecule has 0 amide bonds. The number of nitrogens with one attached hydrogen (secondary N) is 1. The van der Waals surface area contributed by atoms with Crippen LogP contribution in [0.25, 0.3) is 0 Å². The molecule has 11 heavy (non-hydrogen) atoms. The second-order valence-corrected chi connectivity index (χ2v) is 2.95. The highest BCUT2D eigenvalue weighted by molar-refractivity contribution is 9.10. The van der Waals surface area contributed by atoms with E-state index >= 15 is 0 Å². The number of nitrogens with two attached hydrogens (primary N) is 1. The summed E-state index contributed by atoms with van der Waals surface area (Å²) in [7, 11) is 0. The number of anilines is 1. The largest absolute Gasteiger partial charge is 0.323 e. The molecule has 2 nitrogen and oxygen atoms in total. The lowest BCUT2D eigenvalue weighted by Crippen LogP contribution is -2.06. The van der Waals surface area contributed by atoms with Crippen LogP contribution in [0.3, 0.4) is 0 Å². The van der Waals surface area contributed by atoms with E-state index in [4.69, 9.17) is 17.4 Å². The van der Waals surface area contributed by atoms with E-state index < -0.39 is 0 Å². The molecule has 0 saturated carbocycles. The molecule has 0 radical (unpaired) electrons. The van der Waals surface area contributed by atoms with Crippen LogP contribution >= 0.6 is 39.9 Å². The lowest BCUT2D eigenvalue weighted by atomic mass is 10.3. The highest BCUT2D eigenvalue weighted by Gasteiger charge is 1.99. The van der Waals surface area contributed by atoms with Crippen LogP contribution < -0.4 is 11.3 Å². The van der Waals surface area contributed by atoms with Gasteiger partial charge in [-0.1, -0.05) is 17.7 Å². The van der Waals surface area contributed by atoms with E-state index in [9.17, 15) is 0 Å². The van der Waals surface area contributed by atoms with Crippen molar-refractivity contribution in [1.29, 1.82) is 0 Å². The minimum atomic E-state index is 0. The van der Waals surface area contributed by atoms with Gasteiger partial charge in [-0.2, -0.15) is 0 Å². The molecule has 0 aliphatic carbocycles. The standard InChI is InChI=1S/C6H6BrClN2.ClH/c7-6-4(8)2-1-3-5(6)10-9;/h1-3,10H,9H2;1H. The quantitative estimate of drug-likeness (QED) is 0.600. The highest BCUT2D eigenvalue weighted by Crippen LogP contribution is 2.28. The molecule has 0 heterocycles. The van der Waals surface area contributed by atoms with Gasteiger partial charge in [-0.3, -0.25) is 5.84 Å². The number of hydrogen-bond donors (Lipinski definition) is 2. The average Bonchev–Trinajstić information content (AvgIpc) is 1.95. The Hall–Kier alpha value is 0.0400. The molecule has 1 aromatic carbocycles. The minimum absolute atomic E-state index is 0. The summed E-state index contributed by atoms with van der Waals surface area (Å²) < 4.78 is 0.791. The predicted octanol–water partition coefficient (Wildman–Crippen LogP) is 2.81. The van der Waals surface area contributed by atoms with Gasteiger partial charge in [0.1, 0.15) is 0 Å². The molecule has 1 rings (SSSR count). The van der Waals surface area contributed by atoms with Crippen LogP contribution in [0.15, 0.2) is 22.7 Å². The summed E-state index contributed by atoms with van der Waals surface area (Å²) in [4.78, 5) is 0. The van der Waals surface area contributed by atoms with Gasteiger partial charge >= 0.3 is 0 Å². The average molecular weight is 258 g/mol. The van der Waals surface area contributed by atoms with Crippen molar-refractivity contribution in [2.45, 2.75) is 0 Å². The summed E-state index contributed by atoms with van der Waals surface area (Å²) >= 11 is 9.02. The summed E-state index contributed by atoms with van der Waals surface area (Å²) in [5, 5.41) is 0.649. The van der Waals surface area contributed by atoms with Crippen molar-refractivity contribution < 1.29 is 0 Å². The molecule has 0 aromatic heterocycles. The molecule has 0 saturated heterocycles.